The van der Waals surface area contributed by atoms with Crippen molar-refractivity contribution in [3.8, 4) is 5.69 Å². The molecule has 0 bridgehead atoms. The van der Waals surface area contributed by atoms with Crippen LogP contribution < -0.4 is 10.2 Å². The highest BCUT2D eigenvalue weighted by molar-refractivity contribution is 9.10. The molecule has 1 atom stereocenters. The van der Waals surface area contributed by atoms with Gasteiger partial charge >= 0.3 is 0 Å². The van der Waals surface area contributed by atoms with Crippen molar-refractivity contribution >= 4 is 39.1 Å². The van der Waals surface area contributed by atoms with Crippen molar-refractivity contribution in [1.82, 2.24) is 9.78 Å². The molecular weight excluding hydrogens is 408 g/mol. The molecule has 0 aliphatic carbocycles. The fourth-order valence-electron chi connectivity index (χ4n) is 3.17. The van der Waals surface area contributed by atoms with Gasteiger partial charge in [0.1, 0.15) is 5.92 Å². The van der Waals surface area contributed by atoms with Gasteiger partial charge in [-0.1, -0.05) is 30.3 Å². The number of aromatic nitrogens is 2. The van der Waals surface area contributed by atoms with E-state index in [2.05, 4.69) is 26.3 Å². The summed E-state index contributed by atoms with van der Waals surface area (Å²) in [6.07, 6.45) is 3.80. The van der Waals surface area contributed by atoms with E-state index in [1.165, 1.54) is 0 Å². The van der Waals surface area contributed by atoms with Gasteiger partial charge in [-0.15, -0.1) is 0 Å². The van der Waals surface area contributed by atoms with E-state index in [0.29, 0.717) is 18.7 Å². The van der Waals surface area contributed by atoms with E-state index in [1.54, 1.807) is 22.0 Å². The molecule has 1 aliphatic heterocycles. The molecular formula is C20H17BrN4O2. The number of amides is 2. The molecule has 1 aromatic heterocycles. The average molecular weight is 425 g/mol. The lowest BCUT2D eigenvalue weighted by Gasteiger charge is -2.18. The SMILES string of the molecule is O=C(Nc1cnn(-c2ccccc2)c1)C1CCN(c2ccccc2Br)C1=O. The van der Waals surface area contributed by atoms with Gasteiger partial charge in [0.15, 0.2) is 0 Å². The second-order valence-corrected chi connectivity index (χ2v) is 7.14. The molecule has 136 valence electrons. The molecule has 3 aromatic rings. The molecule has 1 aliphatic rings. The van der Waals surface area contributed by atoms with Crippen molar-refractivity contribution in [3.63, 3.8) is 0 Å². The van der Waals surface area contributed by atoms with Crippen LogP contribution in [0.25, 0.3) is 5.69 Å². The fourth-order valence-corrected chi connectivity index (χ4v) is 3.67. The van der Waals surface area contributed by atoms with Crippen molar-refractivity contribution < 1.29 is 9.59 Å². The van der Waals surface area contributed by atoms with Gasteiger partial charge in [0.25, 0.3) is 0 Å². The van der Waals surface area contributed by atoms with E-state index in [0.717, 1.165) is 15.8 Å². The monoisotopic (exact) mass is 424 g/mol. The summed E-state index contributed by atoms with van der Waals surface area (Å²) < 4.78 is 2.52. The van der Waals surface area contributed by atoms with Crippen LogP contribution in [0.15, 0.2) is 71.5 Å². The van der Waals surface area contributed by atoms with Gasteiger partial charge < -0.3 is 10.2 Å². The smallest absolute Gasteiger partial charge is 0.239 e. The van der Waals surface area contributed by atoms with Crippen LogP contribution in [-0.4, -0.2) is 28.1 Å². The summed E-state index contributed by atoms with van der Waals surface area (Å²) in [6, 6.07) is 17.1. The molecule has 0 radical (unpaired) electrons. The zero-order valence-corrected chi connectivity index (χ0v) is 16.0. The first kappa shape index (κ1) is 17.5. The number of nitrogens with zero attached hydrogens (tertiary/aromatic N) is 3. The second-order valence-electron chi connectivity index (χ2n) is 6.28. The Bertz CT molecular complexity index is 986. The molecule has 0 saturated carbocycles. The minimum Gasteiger partial charge on any atom is -0.323 e. The number of nitrogens with one attached hydrogen (secondary N) is 1. The average Bonchev–Trinajstić information content (AvgIpc) is 3.30. The quantitative estimate of drug-likeness (QED) is 0.650. The van der Waals surface area contributed by atoms with E-state index < -0.39 is 5.92 Å². The van der Waals surface area contributed by atoms with E-state index in [-0.39, 0.29) is 11.8 Å². The number of hydrogen-bond donors (Lipinski definition) is 1. The summed E-state index contributed by atoms with van der Waals surface area (Å²) in [6.45, 7) is 0.517. The number of para-hydroxylation sites is 2. The van der Waals surface area contributed by atoms with Gasteiger partial charge in [0.2, 0.25) is 11.8 Å². The molecule has 27 heavy (non-hydrogen) atoms. The number of benzene rings is 2. The van der Waals surface area contributed by atoms with Crippen LogP contribution in [0.1, 0.15) is 6.42 Å². The van der Waals surface area contributed by atoms with Crippen LogP contribution in [0.4, 0.5) is 11.4 Å². The first-order valence-electron chi connectivity index (χ1n) is 8.60. The van der Waals surface area contributed by atoms with Crippen LogP contribution in [0.2, 0.25) is 0 Å². The number of carbonyl (C=O) groups is 2. The lowest BCUT2D eigenvalue weighted by molar-refractivity contribution is -0.129. The highest BCUT2D eigenvalue weighted by Crippen LogP contribution is 2.31. The van der Waals surface area contributed by atoms with Gasteiger partial charge in [-0.25, -0.2) is 4.68 Å². The Kier molecular flexibility index (Phi) is 4.77. The molecule has 1 unspecified atom stereocenters. The Morgan fingerprint density at radius 2 is 1.85 bits per heavy atom. The van der Waals surface area contributed by atoms with E-state index in [9.17, 15) is 9.59 Å². The van der Waals surface area contributed by atoms with E-state index in [4.69, 9.17) is 0 Å². The van der Waals surface area contributed by atoms with Gasteiger partial charge in [-0.3, -0.25) is 9.59 Å². The Morgan fingerprint density at radius 1 is 1.11 bits per heavy atom. The third-order valence-electron chi connectivity index (χ3n) is 4.54. The van der Waals surface area contributed by atoms with Crippen molar-refractivity contribution in [3.05, 3.63) is 71.5 Å². The number of anilines is 2. The lowest BCUT2D eigenvalue weighted by Crippen LogP contribution is -2.33. The Labute approximate surface area is 164 Å². The zero-order chi connectivity index (χ0) is 18.8. The van der Waals surface area contributed by atoms with Crippen LogP contribution >= 0.6 is 15.9 Å². The number of carbonyl (C=O) groups excluding carboxylic acids is 2. The summed E-state index contributed by atoms with van der Waals surface area (Å²) >= 11 is 3.46. The van der Waals surface area contributed by atoms with Gasteiger partial charge in [0.05, 0.1) is 29.5 Å². The molecule has 0 spiro atoms. The van der Waals surface area contributed by atoms with Crippen LogP contribution in [0.5, 0.6) is 0 Å². The predicted octanol–water partition coefficient (Wildman–Crippen LogP) is 3.63. The zero-order valence-electron chi connectivity index (χ0n) is 14.4. The number of halogens is 1. The third-order valence-corrected chi connectivity index (χ3v) is 5.21. The van der Waals surface area contributed by atoms with Crippen molar-refractivity contribution in [2.75, 3.05) is 16.8 Å². The first-order valence-corrected chi connectivity index (χ1v) is 9.39. The van der Waals surface area contributed by atoms with Crippen molar-refractivity contribution in [2.24, 2.45) is 5.92 Å². The summed E-state index contributed by atoms with van der Waals surface area (Å²) in [7, 11) is 0. The van der Waals surface area contributed by atoms with E-state index in [1.807, 2.05) is 54.6 Å². The Morgan fingerprint density at radius 3 is 2.63 bits per heavy atom. The molecule has 2 aromatic carbocycles. The molecule has 7 heteroatoms. The highest BCUT2D eigenvalue weighted by Gasteiger charge is 2.38. The maximum Gasteiger partial charge on any atom is 0.239 e. The van der Waals surface area contributed by atoms with Gasteiger partial charge in [-0.05, 0) is 46.6 Å². The standard InChI is InChI=1S/C20H17BrN4O2/c21-17-8-4-5-9-18(17)24-11-10-16(20(24)27)19(26)23-14-12-22-25(13-14)15-6-2-1-3-7-15/h1-9,12-13,16H,10-11H2,(H,23,26). The summed E-state index contributed by atoms with van der Waals surface area (Å²) in [5, 5.41) is 7.07. The van der Waals surface area contributed by atoms with Gasteiger partial charge in [-0.2, -0.15) is 5.10 Å². The maximum atomic E-state index is 12.7. The summed E-state index contributed by atoms with van der Waals surface area (Å²) in [5.74, 6) is -1.19. The van der Waals surface area contributed by atoms with Crippen LogP contribution in [0, 0.1) is 5.92 Å². The van der Waals surface area contributed by atoms with Crippen LogP contribution in [-0.2, 0) is 9.59 Å². The molecule has 1 saturated heterocycles. The summed E-state index contributed by atoms with van der Waals surface area (Å²) in [5.41, 5.74) is 2.25. The molecule has 2 heterocycles. The lowest BCUT2D eigenvalue weighted by atomic mass is 10.1. The molecule has 1 fully saturated rings. The first-order chi connectivity index (χ1) is 13.1. The fraction of sp³-hybridized carbons (Fsp3) is 0.150. The number of rotatable bonds is 4. The third kappa shape index (κ3) is 3.50. The highest BCUT2D eigenvalue weighted by atomic mass is 79.9. The topological polar surface area (TPSA) is 67.2 Å². The minimum absolute atomic E-state index is 0.185. The molecule has 2 amide bonds. The second kappa shape index (κ2) is 7.36. The Hall–Kier alpha value is -2.93. The van der Waals surface area contributed by atoms with Crippen molar-refractivity contribution in [2.45, 2.75) is 6.42 Å². The summed E-state index contributed by atoms with van der Waals surface area (Å²) in [4.78, 5) is 27.0. The van der Waals surface area contributed by atoms with E-state index >= 15 is 0 Å². The molecule has 4 rings (SSSR count). The number of hydrogen-bond acceptors (Lipinski definition) is 3. The maximum absolute atomic E-state index is 12.7. The molecule has 6 nitrogen and oxygen atoms in total. The minimum atomic E-state index is -0.697. The predicted molar refractivity (Wildman–Crippen MR) is 107 cm³/mol. The molecule has 1 N–H and O–H groups in total. The van der Waals surface area contributed by atoms with Crippen LogP contribution in [0.3, 0.4) is 0 Å². The Balaban J connectivity index is 1.46. The van der Waals surface area contributed by atoms with Crippen molar-refractivity contribution in [1.29, 1.82) is 0 Å². The largest absolute Gasteiger partial charge is 0.323 e. The van der Waals surface area contributed by atoms with Gasteiger partial charge in [0, 0.05) is 11.0 Å². The normalized spacial score (nSPS) is 16.6.